The number of rotatable bonds is 5. The van der Waals surface area contributed by atoms with E-state index < -0.39 is 6.03 Å². The highest BCUT2D eigenvalue weighted by Gasteiger charge is 2.39. The first kappa shape index (κ1) is 16.4. The molecule has 1 aliphatic heterocycles. The molecule has 0 saturated carbocycles. The summed E-state index contributed by atoms with van der Waals surface area (Å²) in [5.74, 6) is 0.288. The Morgan fingerprint density at radius 2 is 1.85 bits per heavy atom. The molecule has 2 N–H and O–H groups in total. The molecule has 1 aliphatic rings. The molecular weight excluding hydrogens is 331 g/mol. The van der Waals surface area contributed by atoms with Crippen LogP contribution in [-0.2, 0) is 0 Å². The Kier molecular flexibility index (Phi) is 4.03. The molecule has 5 nitrogen and oxygen atoms in total. The second kappa shape index (κ2) is 6.37. The van der Waals surface area contributed by atoms with Gasteiger partial charge in [-0.05, 0) is 54.8 Å². The predicted molar refractivity (Wildman–Crippen MR) is 100 cm³/mol. The second-order valence-electron chi connectivity index (χ2n) is 7.02. The van der Waals surface area contributed by atoms with Crippen LogP contribution in [0.3, 0.4) is 0 Å². The van der Waals surface area contributed by atoms with Gasteiger partial charge in [-0.2, -0.15) is 0 Å². The average molecular weight is 352 g/mol. The van der Waals surface area contributed by atoms with Crippen molar-refractivity contribution >= 4 is 17.4 Å². The van der Waals surface area contributed by atoms with Crippen molar-refractivity contribution in [2.75, 3.05) is 10.6 Å². The van der Waals surface area contributed by atoms with Crippen LogP contribution in [0.4, 0.5) is 20.6 Å². The number of benzene rings is 2. The van der Waals surface area contributed by atoms with Crippen LogP contribution in [0.2, 0.25) is 0 Å². The lowest BCUT2D eigenvalue weighted by molar-refractivity contribution is 0.262. The summed E-state index contributed by atoms with van der Waals surface area (Å²) >= 11 is 0. The summed E-state index contributed by atoms with van der Waals surface area (Å²) in [6.07, 6.45) is 3.33. The summed E-state index contributed by atoms with van der Waals surface area (Å²) in [6.45, 7) is 4.47. The van der Waals surface area contributed by atoms with Gasteiger partial charge in [0.25, 0.3) is 0 Å². The zero-order valence-electron chi connectivity index (χ0n) is 14.7. The maximum atomic E-state index is 13.2. The van der Waals surface area contributed by atoms with Gasteiger partial charge in [0.15, 0.2) is 0 Å². The molecular formula is C20H21FN4O. The lowest BCUT2D eigenvalue weighted by atomic mass is 10.1. The van der Waals surface area contributed by atoms with Gasteiger partial charge in [-0.1, -0.05) is 19.9 Å². The van der Waals surface area contributed by atoms with E-state index in [4.69, 9.17) is 0 Å². The number of carbonyl (C=O) groups is 1. The third-order valence-electron chi connectivity index (χ3n) is 4.49. The number of hydrogen-bond acceptors (Lipinski definition) is 1. The molecule has 1 unspecified atom stereocenters. The normalized spacial score (nSPS) is 15.0. The zero-order chi connectivity index (χ0) is 18.3. The summed E-state index contributed by atoms with van der Waals surface area (Å²) in [7, 11) is 0. The number of fused-ring (bicyclic) bond motifs is 1. The Morgan fingerprint density at radius 1 is 1.12 bits per heavy atom. The number of hydrogen-bond donors (Lipinski definition) is 2. The lowest BCUT2D eigenvalue weighted by Crippen LogP contribution is -2.19. The summed E-state index contributed by atoms with van der Waals surface area (Å²) < 4.78 is 17.6. The molecule has 3 aromatic rings. The number of nitrogens with zero attached hydrogens (tertiary/aromatic N) is 2. The molecule has 0 fully saturated rings. The SMILES string of the molecule is CC(C)CC1c2cn(-c3ccc(NC(=O)Nc4cccc(F)c4)cc3)n21. The fraction of sp³-hybridized carbons (Fsp3) is 0.250. The van der Waals surface area contributed by atoms with E-state index in [9.17, 15) is 9.18 Å². The molecule has 1 atom stereocenters. The highest BCUT2D eigenvalue weighted by molar-refractivity contribution is 5.99. The minimum atomic E-state index is -0.405. The van der Waals surface area contributed by atoms with Crippen molar-refractivity contribution in [3.63, 3.8) is 0 Å². The molecule has 1 aromatic heterocycles. The predicted octanol–water partition coefficient (Wildman–Crippen LogP) is 5.01. The summed E-state index contributed by atoms with van der Waals surface area (Å²) in [4.78, 5) is 12.0. The van der Waals surface area contributed by atoms with E-state index in [1.807, 2.05) is 24.3 Å². The molecule has 2 heterocycles. The third kappa shape index (κ3) is 3.22. The molecule has 2 aromatic carbocycles. The van der Waals surface area contributed by atoms with E-state index in [-0.39, 0.29) is 5.82 Å². The van der Waals surface area contributed by atoms with E-state index in [0.717, 1.165) is 5.69 Å². The number of anilines is 2. The van der Waals surface area contributed by atoms with Crippen LogP contribution in [0.1, 0.15) is 32.0 Å². The molecule has 0 saturated heterocycles. The average Bonchev–Trinajstić information content (AvgIpc) is 3.09. The van der Waals surface area contributed by atoms with Crippen LogP contribution >= 0.6 is 0 Å². The maximum absolute atomic E-state index is 13.2. The molecule has 0 spiro atoms. The molecule has 134 valence electrons. The number of aromatic nitrogens is 2. The van der Waals surface area contributed by atoms with Gasteiger partial charge in [-0.15, -0.1) is 0 Å². The largest absolute Gasteiger partial charge is 0.323 e. The Balaban J connectivity index is 1.36. The van der Waals surface area contributed by atoms with Gasteiger partial charge in [0.2, 0.25) is 0 Å². The first-order valence-electron chi connectivity index (χ1n) is 8.75. The van der Waals surface area contributed by atoms with Crippen LogP contribution in [0.5, 0.6) is 0 Å². The monoisotopic (exact) mass is 352 g/mol. The van der Waals surface area contributed by atoms with Crippen molar-refractivity contribution < 1.29 is 9.18 Å². The van der Waals surface area contributed by atoms with Crippen molar-refractivity contribution in [2.24, 2.45) is 5.92 Å². The Bertz CT molecular complexity index is 939. The van der Waals surface area contributed by atoms with E-state index in [1.165, 1.54) is 24.2 Å². The molecule has 4 rings (SSSR count). The summed E-state index contributed by atoms with van der Waals surface area (Å²) in [6, 6.07) is 13.6. The topological polar surface area (TPSA) is 51.0 Å². The first-order chi connectivity index (χ1) is 12.5. The van der Waals surface area contributed by atoms with E-state index in [0.29, 0.717) is 23.3 Å². The van der Waals surface area contributed by atoms with Crippen LogP contribution in [0.15, 0.2) is 54.7 Å². The quantitative estimate of drug-likeness (QED) is 0.666. The number of amides is 2. The molecule has 26 heavy (non-hydrogen) atoms. The smallest absolute Gasteiger partial charge is 0.308 e. The van der Waals surface area contributed by atoms with E-state index >= 15 is 0 Å². The second-order valence-corrected chi connectivity index (χ2v) is 7.02. The molecule has 0 radical (unpaired) electrons. The van der Waals surface area contributed by atoms with Crippen LogP contribution < -0.4 is 10.6 Å². The maximum Gasteiger partial charge on any atom is 0.323 e. The molecule has 0 aliphatic carbocycles. The van der Waals surface area contributed by atoms with Crippen molar-refractivity contribution in [2.45, 2.75) is 26.3 Å². The summed E-state index contributed by atoms with van der Waals surface area (Å²) in [5.41, 5.74) is 3.55. The minimum absolute atomic E-state index is 0.389. The number of urea groups is 1. The van der Waals surface area contributed by atoms with Crippen molar-refractivity contribution in [1.82, 2.24) is 9.36 Å². The van der Waals surface area contributed by atoms with Gasteiger partial charge in [0.05, 0.1) is 23.6 Å². The minimum Gasteiger partial charge on any atom is -0.308 e. The number of nitrogens with one attached hydrogen (secondary N) is 2. The standard InChI is InChI=1S/C20H21FN4O/c1-13(2)10-18-19-12-24(25(18)19)17-8-6-15(7-9-17)22-20(26)23-16-5-3-4-14(21)11-16/h3-9,11-13,18H,10H2,1-2H3,(H2,22,23,26). The third-order valence-corrected chi connectivity index (χ3v) is 4.49. The lowest BCUT2D eigenvalue weighted by Gasteiger charge is -2.12. The highest BCUT2D eigenvalue weighted by Crippen LogP contribution is 2.43. The number of halogens is 1. The van der Waals surface area contributed by atoms with Gasteiger partial charge < -0.3 is 10.6 Å². The first-order valence-corrected chi connectivity index (χ1v) is 8.75. The Hall–Kier alpha value is -3.02. The van der Waals surface area contributed by atoms with Gasteiger partial charge in [0, 0.05) is 11.4 Å². The van der Waals surface area contributed by atoms with Crippen molar-refractivity contribution in [3.8, 4) is 5.69 Å². The summed E-state index contributed by atoms with van der Waals surface area (Å²) in [5, 5.41) is 5.36. The van der Waals surface area contributed by atoms with Crippen LogP contribution in [0.25, 0.3) is 5.69 Å². The Labute approximate surface area is 151 Å². The van der Waals surface area contributed by atoms with Crippen LogP contribution in [-0.4, -0.2) is 15.4 Å². The highest BCUT2D eigenvalue weighted by atomic mass is 19.1. The van der Waals surface area contributed by atoms with Gasteiger partial charge >= 0.3 is 6.03 Å². The van der Waals surface area contributed by atoms with Crippen molar-refractivity contribution in [3.05, 3.63) is 66.2 Å². The van der Waals surface area contributed by atoms with Gasteiger partial charge in [-0.3, -0.25) is 9.36 Å². The molecule has 0 bridgehead atoms. The van der Waals surface area contributed by atoms with Crippen molar-refractivity contribution in [1.29, 1.82) is 0 Å². The fourth-order valence-corrected chi connectivity index (χ4v) is 3.22. The fourth-order valence-electron chi connectivity index (χ4n) is 3.22. The molecule has 2 amide bonds. The van der Waals surface area contributed by atoms with Crippen LogP contribution in [0, 0.1) is 11.7 Å². The van der Waals surface area contributed by atoms with E-state index in [1.54, 1.807) is 12.1 Å². The number of carbonyl (C=O) groups excluding carboxylic acids is 1. The zero-order valence-corrected chi connectivity index (χ0v) is 14.7. The van der Waals surface area contributed by atoms with Gasteiger partial charge in [-0.25, -0.2) is 9.18 Å². The van der Waals surface area contributed by atoms with E-state index in [2.05, 4.69) is 40.0 Å². The molecule has 6 heteroatoms. The Morgan fingerprint density at radius 3 is 2.54 bits per heavy atom. The van der Waals surface area contributed by atoms with Gasteiger partial charge in [0.1, 0.15) is 5.82 Å².